The van der Waals surface area contributed by atoms with Gasteiger partial charge in [0.25, 0.3) is 0 Å². The number of nitrogens with zero attached hydrogens (tertiary/aromatic N) is 2. The zero-order valence-electron chi connectivity index (χ0n) is 8.68. The normalized spacial score (nSPS) is 10.0. The molecule has 0 aliphatic heterocycles. The number of aromatic amines is 1. The van der Waals surface area contributed by atoms with E-state index in [4.69, 9.17) is 0 Å². The largest absolute Gasteiger partial charge is 0.352 e. The molecule has 0 unspecified atom stereocenters. The Morgan fingerprint density at radius 2 is 2.31 bits per heavy atom. The van der Waals surface area contributed by atoms with Gasteiger partial charge in [0.1, 0.15) is 0 Å². The molecule has 0 fully saturated rings. The summed E-state index contributed by atoms with van der Waals surface area (Å²) >= 11 is 0. The van der Waals surface area contributed by atoms with Crippen LogP contribution in [0.3, 0.4) is 0 Å². The molecule has 0 aliphatic rings. The molecule has 0 saturated carbocycles. The first-order valence-corrected chi connectivity index (χ1v) is 4.97. The summed E-state index contributed by atoms with van der Waals surface area (Å²) in [6, 6.07) is 3.76. The minimum absolute atomic E-state index is 0.0342. The number of amides is 1. The van der Waals surface area contributed by atoms with Crippen LogP contribution in [-0.2, 0) is 17.8 Å². The van der Waals surface area contributed by atoms with Gasteiger partial charge in [0.15, 0.2) is 0 Å². The summed E-state index contributed by atoms with van der Waals surface area (Å²) in [5.74, 6) is -0.0342. The van der Waals surface area contributed by atoms with Crippen molar-refractivity contribution in [2.24, 2.45) is 0 Å². The van der Waals surface area contributed by atoms with E-state index in [1.54, 1.807) is 24.9 Å². The van der Waals surface area contributed by atoms with Crippen LogP contribution < -0.4 is 5.32 Å². The van der Waals surface area contributed by atoms with E-state index in [-0.39, 0.29) is 5.91 Å². The molecule has 16 heavy (non-hydrogen) atoms. The lowest BCUT2D eigenvalue weighted by atomic mass is 10.2. The van der Waals surface area contributed by atoms with E-state index in [0.29, 0.717) is 13.0 Å². The molecule has 2 rings (SSSR count). The van der Waals surface area contributed by atoms with E-state index in [1.807, 2.05) is 12.1 Å². The van der Waals surface area contributed by atoms with Crippen molar-refractivity contribution in [2.45, 2.75) is 13.0 Å². The van der Waals surface area contributed by atoms with E-state index in [1.165, 1.54) is 0 Å². The SMILES string of the molecule is O=C(Cc1cnc[nH]1)NCc1cccnc1. The van der Waals surface area contributed by atoms with Gasteiger partial charge in [0, 0.05) is 30.8 Å². The van der Waals surface area contributed by atoms with E-state index in [2.05, 4.69) is 20.3 Å². The van der Waals surface area contributed by atoms with Gasteiger partial charge >= 0.3 is 0 Å². The van der Waals surface area contributed by atoms with Gasteiger partial charge in [-0.25, -0.2) is 4.98 Å². The topological polar surface area (TPSA) is 70.7 Å². The predicted octanol–water partition coefficient (Wildman–Crippen LogP) is 0.664. The summed E-state index contributed by atoms with van der Waals surface area (Å²) in [6.45, 7) is 0.501. The Hall–Kier alpha value is -2.17. The molecule has 0 saturated heterocycles. The minimum atomic E-state index is -0.0342. The standard InChI is InChI=1S/C11H12N4O/c16-11(4-10-7-13-8-15-10)14-6-9-2-1-3-12-5-9/h1-3,5,7-8H,4,6H2,(H,13,15)(H,14,16). The fourth-order valence-corrected chi connectivity index (χ4v) is 1.32. The number of nitrogens with one attached hydrogen (secondary N) is 2. The molecule has 0 aliphatic carbocycles. The number of H-pyrrole nitrogens is 1. The van der Waals surface area contributed by atoms with Crippen LogP contribution in [0.2, 0.25) is 0 Å². The predicted molar refractivity (Wildman–Crippen MR) is 58.4 cm³/mol. The van der Waals surface area contributed by atoms with Crippen LogP contribution in [0.4, 0.5) is 0 Å². The average molecular weight is 216 g/mol. The zero-order chi connectivity index (χ0) is 11.2. The summed E-state index contributed by atoms with van der Waals surface area (Å²) in [4.78, 5) is 22.2. The van der Waals surface area contributed by atoms with Crippen molar-refractivity contribution in [3.8, 4) is 0 Å². The van der Waals surface area contributed by atoms with Crippen molar-refractivity contribution >= 4 is 5.91 Å². The van der Waals surface area contributed by atoms with Crippen LogP contribution in [0.25, 0.3) is 0 Å². The van der Waals surface area contributed by atoms with Crippen molar-refractivity contribution < 1.29 is 4.79 Å². The van der Waals surface area contributed by atoms with Crippen LogP contribution >= 0.6 is 0 Å². The maximum Gasteiger partial charge on any atom is 0.226 e. The summed E-state index contributed by atoms with van der Waals surface area (Å²) in [7, 11) is 0. The van der Waals surface area contributed by atoms with Gasteiger partial charge in [0.05, 0.1) is 12.7 Å². The molecule has 82 valence electrons. The third-order valence-corrected chi connectivity index (χ3v) is 2.12. The lowest BCUT2D eigenvalue weighted by molar-refractivity contribution is -0.120. The van der Waals surface area contributed by atoms with E-state index in [0.717, 1.165) is 11.3 Å². The van der Waals surface area contributed by atoms with Gasteiger partial charge in [-0.3, -0.25) is 9.78 Å². The van der Waals surface area contributed by atoms with Crippen molar-refractivity contribution in [2.75, 3.05) is 0 Å². The van der Waals surface area contributed by atoms with Gasteiger partial charge in [-0.15, -0.1) is 0 Å². The summed E-state index contributed by atoms with van der Waals surface area (Å²) in [5.41, 5.74) is 1.80. The van der Waals surface area contributed by atoms with Gasteiger partial charge in [-0.05, 0) is 11.6 Å². The molecule has 0 radical (unpaired) electrons. The first-order chi connectivity index (χ1) is 7.84. The first kappa shape index (κ1) is 10.4. The maximum atomic E-state index is 11.5. The molecule has 5 nitrogen and oxygen atoms in total. The van der Waals surface area contributed by atoms with Gasteiger partial charge in [-0.1, -0.05) is 6.07 Å². The second-order valence-electron chi connectivity index (χ2n) is 3.39. The number of imidazole rings is 1. The monoisotopic (exact) mass is 216 g/mol. The van der Waals surface area contributed by atoms with Crippen LogP contribution in [0.1, 0.15) is 11.3 Å². The molecular weight excluding hydrogens is 204 g/mol. The third-order valence-electron chi connectivity index (χ3n) is 2.12. The lowest BCUT2D eigenvalue weighted by Gasteiger charge is -2.03. The second-order valence-corrected chi connectivity index (χ2v) is 3.39. The minimum Gasteiger partial charge on any atom is -0.352 e. The first-order valence-electron chi connectivity index (χ1n) is 4.97. The number of aromatic nitrogens is 3. The summed E-state index contributed by atoms with van der Waals surface area (Å²) < 4.78 is 0. The van der Waals surface area contributed by atoms with Gasteiger partial charge < -0.3 is 10.3 Å². The summed E-state index contributed by atoms with van der Waals surface area (Å²) in [6.07, 6.45) is 6.96. The van der Waals surface area contributed by atoms with E-state index in [9.17, 15) is 4.79 Å². The van der Waals surface area contributed by atoms with E-state index >= 15 is 0 Å². The highest BCUT2D eigenvalue weighted by Crippen LogP contribution is 1.96. The van der Waals surface area contributed by atoms with Crippen LogP contribution in [0, 0.1) is 0 Å². The van der Waals surface area contributed by atoms with Gasteiger partial charge in [0.2, 0.25) is 5.91 Å². The molecule has 2 heterocycles. The molecule has 0 bridgehead atoms. The highest BCUT2D eigenvalue weighted by Gasteiger charge is 2.03. The Balaban J connectivity index is 1.80. The highest BCUT2D eigenvalue weighted by molar-refractivity contribution is 5.77. The quantitative estimate of drug-likeness (QED) is 0.788. The number of hydrogen-bond acceptors (Lipinski definition) is 3. The number of hydrogen-bond donors (Lipinski definition) is 2. The lowest BCUT2D eigenvalue weighted by Crippen LogP contribution is -2.24. The molecular formula is C11H12N4O. The Morgan fingerprint density at radius 3 is 3.00 bits per heavy atom. The fourth-order valence-electron chi connectivity index (χ4n) is 1.32. The third kappa shape index (κ3) is 2.91. The zero-order valence-corrected chi connectivity index (χ0v) is 8.68. The molecule has 0 aromatic carbocycles. The number of pyridine rings is 1. The average Bonchev–Trinajstić information content (AvgIpc) is 2.81. The van der Waals surface area contributed by atoms with Crippen LogP contribution in [0.5, 0.6) is 0 Å². The highest BCUT2D eigenvalue weighted by atomic mass is 16.1. The molecule has 0 atom stereocenters. The number of rotatable bonds is 4. The Bertz CT molecular complexity index is 438. The van der Waals surface area contributed by atoms with Crippen LogP contribution in [-0.4, -0.2) is 20.9 Å². The van der Waals surface area contributed by atoms with Crippen LogP contribution in [0.15, 0.2) is 37.1 Å². The van der Waals surface area contributed by atoms with Crippen molar-refractivity contribution in [1.82, 2.24) is 20.3 Å². The molecule has 2 N–H and O–H groups in total. The smallest absolute Gasteiger partial charge is 0.226 e. The Morgan fingerprint density at radius 1 is 1.38 bits per heavy atom. The van der Waals surface area contributed by atoms with Gasteiger partial charge in [-0.2, -0.15) is 0 Å². The van der Waals surface area contributed by atoms with Crippen molar-refractivity contribution in [3.05, 3.63) is 48.3 Å². The van der Waals surface area contributed by atoms with Crippen molar-refractivity contribution in [3.63, 3.8) is 0 Å². The Labute approximate surface area is 92.9 Å². The molecule has 2 aromatic rings. The van der Waals surface area contributed by atoms with E-state index < -0.39 is 0 Å². The Kier molecular flexibility index (Phi) is 3.28. The molecule has 5 heteroatoms. The molecule has 1 amide bonds. The summed E-state index contributed by atoms with van der Waals surface area (Å²) in [5, 5.41) is 2.81. The number of carbonyl (C=O) groups is 1. The fraction of sp³-hybridized carbons (Fsp3) is 0.182. The molecule has 2 aromatic heterocycles. The number of carbonyl (C=O) groups excluding carboxylic acids is 1. The molecule has 0 spiro atoms. The van der Waals surface area contributed by atoms with Crippen molar-refractivity contribution in [1.29, 1.82) is 0 Å². The second kappa shape index (κ2) is 5.06. The maximum absolute atomic E-state index is 11.5.